The minimum absolute atomic E-state index is 0.257. The molecular formula is C13H20N2O2. The van der Waals surface area contributed by atoms with Crippen LogP contribution in [0.5, 0.6) is 5.75 Å². The first-order chi connectivity index (χ1) is 8.11. The SMILES string of the molecule is COc1cc(N2CCC(C)C(O)C2)ccc1N. The molecule has 0 bridgehead atoms. The molecule has 4 nitrogen and oxygen atoms in total. The molecule has 3 N–H and O–H groups in total. The van der Waals surface area contributed by atoms with E-state index in [9.17, 15) is 5.11 Å². The lowest BCUT2D eigenvalue weighted by atomic mass is 9.95. The van der Waals surface area contributed by atoms with Crippen LogP contribution in [0.3, 0.4) is 0 Å². The number of rotatable bonds is 2. The predicted octanol–water partition coefficient (Wildman–Crippen LogP) is 1.48. The van der Waals surface area contributed by atoms with Gasteiger partial charge in [-0.1, -0.05) is 6.92 Å². The van der Waals surface area contributed by atoms with E-state index in [0.717, 1.165) is 18.7 Å². The van der Waals surface area contributed by atoms with Crippen molar-refractivity contribution in [3.63, 3.8) is 0 Å². The lowest BCUT2D eigenvalue weighted by Gasteiger charge is -2.36. The van der Waals surface area contributed by atoms with Gasteiger partial charge in [0.25, 0.3) is 0 Å². The third-order valence-electron chi connectivity index (χ3n) is 3.50. The quantitative estimate of drug-likeness (QED) is 0.764. The maximum Gasteiger partial charge on any atom is 0.143 e. The molecule has 17 heavy (non-hydrogen) atoms. The maximum absolute atomic E-state index is 9.89. The van der Waals surface area contributed by atoms with Crippen molar-refractivity contribution in [1.29, 1.82) is 0 Å². The zero-order valence-corrected chi connectivity index (χ0v) is 10.4. The van der Waals surface area contributed by atoms with Gasteiger partial charge in [-0.05, 0) is 24.5 Å². The monoisotopic (exact) mass is 236 g/mol. The first kappa shape index (κ1) is 12.0. The molecule has 0 aliphatic carbocycles. The number of nitrogen functional groups attached to an aromatic ring is 1. The summed E-state index contributed by atoms with van der Waals surface area (Å²) in [5.74, 6) is 1.07. The van der Waals surface area contributed by atoms with Gasteiger partial charge in [0.05, 0.1) is 18.9 Å². The molecule has 1 aliphatic rings. The van der Waals surface area contributed by atoms with Crippen molar-refractivity contribution in [2.24, 2.45) is 5.92 Å². The van der Waals surface area contributed by atoms with Crippen molar-refractivity contribution in [2.45, 2.75) is 19.4 Å². The number of hydrogen-bond acceptors (Lipinski definition) is 4. The van der Waals surface area contributed by atoms with E-state index in [4.69, 9.17) is 10.5 Å². The van der Waals surface area contributed by atoms with E-state index < -0.39 is 0 Å². The van der Waals surface area contributed by atoms with E-state index in [1.807, 2.05) is 18.2 Å². The zero-order chi connectivity index (χ0) is 12.4. The number of aliphatic hydroxyl groups excluding tert-OH is 1. The number of nitrogens with two attached hydrogens (primary N) is 1. The van der Waals surface area contributed by atoms with Crippen LogP contribution in [-0.4, -0.2) is 31.4 Å². The molecule has 0 spiro atoms. The molecule has 0 aromatic heterocycles. The van der Waals surface area contributed by atoms with Gasteiger partial charge in [0.2, 0.25) is 0 Å². The normalized spacial score (nSPS) is 24.8. The Morgan fingerprint density at radius 3 is 2.88 bits per heavy atom. The Balaban J connectivity index is 2.17. The van der Waals surface area contributed by atoms with Crippen molar-refractivity contribution in [3.05, 3.63) is 18.2 Å². The Morgan fingerprint density at radius 1 is 1.47 bits per heavy atom. The molecule has 0 amide bonds. The summed E-state index contributed by atoms with van der Waals surface area (Å²) in [6, 6.07) is 5.75. The summed E-state index contributed by atoms with van der Waals surface area (Å²) in [4.78, 5) is 2.17. The predicted molar refractivity (Wildman–Crippen MR) is 69.4 cm³/mol. The zero-order valence-electron chi connectivity index (χ0n) is 10.4. The fourth-order valence-corrected chi connectivity index (χ4v) is 2.18. The molecule has 4 heteroatoms. The van der Waals surface area contributed by atoms with Gasteiger partial charge in [0.1, 0.15) is 5.75 Å². The van der Waals surface area contributed by atoms with Crippen molar-refractivity contribution >= 4 is 11.4 Å². The minimum Gasteiger partial charge on any atom is -0.495 e. The van der Waals surface area contributed by atoms with E-state index in [2.05, 4.69) is 11.8 Å². The highest BCUT2D eigenvalue weighted by molar-refractivity contribution is 5.62. The number of methoxy groups -OCH3 is 1. The van der Waals surface area contributed by atoms with E-state index in [1.165, 1.54) is 0 Å². The van der Waals surface area contributed by atoms with Gasteiger partial charge in [-0.2, -0.15) is 0 Å². The lowest BCUT2D eigenvalue weighted by Crippen LogP contribution is -2.42. The number of β-amino-alcohol motifs (C(OH)–C–C–N with tert-alkyl or cyclic N) is 1. The highest BCUT2D eigenvalue weighted by Crippen LogP contribution is 2.30. The van der Waals surface area contributed by atoms with Crippen molar-refractivity contribution in [2.75, 3.05) is 30.8 Å². The van der Waals surface area contributed by atoms with E-state index in [-0.39, 0.29) is 6.10 Å². The lowest BCUT2D eigenvalue weighted by molar-refractivity contribution is 0.103. The number of ether oxygens (including phenoxy) is 1. The molecule has 0 radical (unpaired) electrons. The first-order valence-electron chi connectivity index (χ1n) is 5.98. The average Bonchev–Trinajstić information content (AvgIpc) is 2.33. The molecule has 1 aliphatic heterocycles. The van der Waals surface area contributed by atoms with E-state index in [1.54, 1.807) is 7.11 Å². The number of nitrogens with zero attached hydrogens (tertiary/aromatic N) is 1. The van der Waals surface area contributed by atoms with Crippen LogP contribution in [0.4, 0.5) is 11.4 Å². The van der Waals surface area contributed by atoms with Gasteiger partial charge >= 0.3 is 0 Å². The molecule has 94 valence electrons. The van der Waals surface area contributed by atoms with Gasteiger partial charge in [0.15, 0.2) is 0 Å². The summed E-state index contributed by atoms with van der Waals surface area (Å²) >= 11 is 0. The largest absolute Gasteiger partial charge is 0.495 e. The Morgan fingerprint density at radius 2 is 2.24 bits per heavy atom. The maximum atomic E-state index is 9.89. The van der Waals surface area contributed by atoms with Crippen LogP contribution in [-0.2, 0) is 0 Å². The van der Waals surface area contributed by atoms with Crippen LogP contribution in [0.25, 0.3) is 0 Å². The molecule has 2 unspecified atom stereocenters. The van der Waals surface area contributed by atoms with E-state index in [0.29, 0.717) is 23.9 Å². The molecule has 2 rings (SSSR count). The third-order valence-corrected chi connectivity index (χ3v) is 3.50. The van der Waals surface area contributed by atoms with Gasteiger partial charge < -0.3 is 20.5 Å². The van der Waals surface area contributed by atoms with Crippen LogP contribution in [0.15, 0.2) is 18.2 Å². The third kappa shape index (κ3) is 2.47. The summed E-state index contributed by atoms with van der Waals surface area (Å²) in [6.45, 7) is 3.73. The summed E-state index contributed by atoms with van der Waals surface area (Å²) in [6.07, 6.45) is 0.751. The Bertz CT molecular complexity index is 395. The minimum atomic E-state index is -0.257. The molecule has 1 saturated heterocycles. The topological polar surface area (TPSA) is 58.7 Å². The Kier molecular flexibility index (Phi) is 3.43. The molecule has 2 atom stereocenters. The molecule has 1 heterocycles. The molecule has 0 saturated carbocycles. The van der Waals surface area contributed by atoms with Crippen LogP contribution >= 0.6 is 0 Å². The molecular weight excluding hydrogens is 216 g/mol. The summed E-state index contributed by atoms with van der Waals surface area (Å²) in [7, 11) is 1.61. The van der Waals surface area contributed by atoms with Crippen molar-refractivity contribution in [1.82, 2.24) is 0 Å². The van der Waals surface area contributed by atoms with Gasteiger partial charge in [0, 0.05) is 24.8 Å². The Hall–Kier alpha value is -1.42. The van der Waals surface area contributed by atoms with Gasteiger partial charge in [-0.25, -0.2) is 0 Å². The first-order valence-corrected chi connectivity index (χ1v) is 5.98. The number of aliphatic hydroxyl groups is 1. The Labute approximate surface area is 102 Å². The highest BCUT2D eigenvalue weighted by atomic mass is 16.5. The standard InChI is InChI=1S/C13H20N2O2/c1-9-5-6-15(8-12(9)16)10-3-4-11(14)13(7-10)17-2/h3-4,7,9,12,16H,5-6,8,14H2,1-2H3. The number of benzene rings is 1. The van der Waals surface area contributed by atoms with Crippen LogP contribution in [0.1, 0.15) is 13.3 Å². The summed E-state index contributed by atoms with van der Waals surface area (Å²) in [5, 5.41) is 9.89. The van der Waals surface area contributed by atoms with Crippen molar-refractivity contribution < 1.29 is 9.84 Å². The van der Waals surface area contributed by atoms with Gasteiger partial charge in [-0.15, -0.1) is 0 Å². The van der Waals surface area contributed by atoms with Gasteiger partial charge in [-0.3, -0.25) is 0 Å². The fourth-order valence-electron chi connectivity index (χ4n) is 2.18. The highest BCUT2D eigenvalue weighted by Gasteiger charge is 2.24. The fraction of sp³-hybridized carbons (Fsp3) is 0.538. The van der Waals surface area contributed by atoms with Crippen LogP contribution in [0, 0.1) is 5.92 Å². The average molecular weight is 236 g/mol. The number of piperidine rings is 1. The number of hydrogen-bond donors (Lipinski definition) is 2. The number of anilines is 2. The smallest absolute Gasteiger partial charge is 0.143 e. The second kappa shape index (κ2) is 4.84. The second-order valence-corrected chi connectivity index (χ2v) is 4.71. The van der Waals surface area contributed by atoms with Crippen LogP contribution < -0.4 is 15.4 Å². The van der Waals surface area contributed by atoms with E-state index >= 15 is 0 Å². The summed E-state index contributed by atoms with van der Waals surface area (Å²) in [5.41, 5.74) is 7.48. The van der Waals surface area contributed by atoms with Crippen molar-refractivity contribution in [3.8, 4) is 5.75 Å². The van der Waals surface area contributed by atoms with Crippen LogP contribution in [0.2, 0.25) is 0 Å². The second-order valence-electron chi connectivity index (χ2n) is 4.71. The summed E-state index contributed by atoms with van der Waals surface area (Å²) < 4.78 is 5.21. The molecule has 1 aromatic rings. The molecule has 1 aromatic carbocycles. The molecule has 1 fully saturated rings.